The second-order valence-electron chi connectivity index (χ2n) is 2.16. The van der Waals surface area contributed by atoms with Gasteiger partial charge in [0.05, 0.1) is 0 Å². The Balaban J connectivity index is 0. The molecule has 0 aromatic carbocycles. The van der Waals surface area contributed by atoms with E-state index in [1.165, 1.54) is 5.10 Å². The van der Waals surface area contributed by atoms with E-state index in [0.717, 1.165) is 0 Å². The van der Waals surface area contributed by atoms with Crippen molar-refractivity contribution in [3.05, 3.63) is 24.9 Å². The van der Waals surface area contributed by atoms with E-state index in [4.69, 9.17) is 0 Å². The fourth-order valence-corrected chi connectivity index (χ4v) is 0.612. The zero-order valence-electron chi connectivity index (χ0n) is 7.09. The van der Waals surface area contributed by atoms with Crippen LogP contribution in [-0.2, 0) is 29.4 Å². The first-order valence-electron chi connectivity index (χ1n) is 2.91. The van der Waals surface area contributed by atoms with Gasteiger partial charge in [-0.1, -0.05) is 0 Å². The van der Waals surface area contributed by atoms with E-state index in [1.807, 2.05) is 0 Å². The summed E-state index contributed by atoms with van der Waals surface area (Å²) in [4.78, 5) is 0. The van der Waals surface area contributed by atoms with Crippen LogP contribution in [0.15, 0.2) is 6.07 Å². The Morgan fingerprint density at radius 1 is 1.00 bits per heavy atom. The van der Waals surface area contributed by atoms with Crippen molar-refractivity contribution in [3.8, 4) is 0 Å². The van der Waals surface area contributed by atoms with E-state index < -0.39 is 23.7 Å². The summed E-state index contributed by atoms with van der Waals surface area (Å²) in [6.07, 6.45) is -9.70. The molecule has 0 aliphatic carbocycles. The first-order chi connectivity index (χ1) is 5.71. The average Bonchev–Trinajstić information content (AvgIpc) is 2.28. The van der Waals surface area contributed by atoms with E-state index in [-0.39, 0.29) is 30.6 Å². The molecule has 15 heavy (non-hydrogen) atoms. The first-order valence-corrected chi connectivity index (χ1v) is 2.91. The molecule has 1 aromatic heterocycles. The molecule has 1 aromatic rings. The topological polar surface area (TPSA) is 28.7 Å². The Labute approximate surface area is 91.5 Å². The van der Waals surface area contributed by atoms with E-state index in [2.05, 4.69) is 5.10 Å². The van der Waals surface area contributed by atoms with E-state index >= 15 is 0 Å². The van der Waals surface area contributed by atoms with Gasteiger partial charge in [0.15, 0.2) is 5.69 Å². The predicted octanol–water partition coefficient (Wildman–Crippen LogP) is 2.90. The molecule has 0 aliphatic rings. The minimum atomic E-state index is -4.86. The molecule has 0 atom stereocenters. The number of H-pyrrole nitrogens is 1. The Kier molecular flexibility index (Phi) is 5.45. The number of nitrogens with zero attached hydrogens (tertiary/aromatic N) is 1. The number of hydrogen-bond donors (Lipinski definition) is 1. The number of aromatic amines is 1. The van der Waals surface area contributed by atoms with Crippen molar-refractivity contribution in [2.24, 2.45) is 0 Å². The van der Waals surface area contributed by atoms with Crippen LogP contribution in [-0.4, -0.2) is 10.2 Å². The van der Waals surface area contributed by atoms with E-state index in [9.17, 15) is 26.3 Å². The SMILES string of the molecule is FC(F)(F)c1cc(C(F)(F)F)[nH]n1.[CH3-].[Cu+]. The summed E-state index contributed by atoms with van der Waals surface area (Å²) in [7, 11) is 0. The molecule has 2 nitrogen and oxygen atoms in total. The summed E-state index contributed by atoms with van der Waals surface area (Å²) in [6, 6.07) is -0.0833. The van der Waals surface area contributed by atoms with Gasteiger partial charge >= 0.3 is 29.4 Å². The molecule has 1 rings (SSSR count). The van der Waals surface area contributed by atoms with Gasteiger partial charge in [0.1, 0.15) is 5.69 Å². The second kappa shape index (κ2) is 4.89. The second-order valence-corrected chi connectivity index (χ2v) is 2.16. The van der Waals surface area contributed by atoms with Crippen molar-refractivity contribution in [2.75, 3.05) is 0 Å². The maximum absolute atomic E-state index is 11.8. The van der Waals surface area contributed by atoms with Gasteiger partial charge in [-0.3, -0.25) is 5.10 Å². The average molecular weight is 283 g/mol. The minimum absolute atomic E-state index is 0. The molecule has 0 spiro atoms. The Morgan fingerprint density at radius 3 is 1.67 bits per heavy atom. The number of nitrogens with one attached hydrogen (secondary N) is 1. The van der Waals surface area contributed by atoms with Crippen LogP contribution < -0.4 is 0 Å². The fraction of sp³-hybridized carbons (Fsp3) is 0.333. The smallest absolute Gasteiger partial charge is 0.358 e. The maximum Gasteiger partial charge on any atom is 1.00 e. The molecule has 9 heteroatoms. The van der Waals surface area contributed by atoms with Crippen molar-refractivity contribution in [2.45, 2.75) is 12.4 Å². The van der Waals surface area contributed by atoms with Gasteiger partial charge < -0.3 is 7.43 Å². The molecule has 0 saturated heterocycles. The molecule has 0 unspecified atom stereocenters. The monoisotopic (exact) mass is 282 g/mol. The molecule has 0 bridgehead atoms. The van der Waals surface area contributed by atoms with Crippen LogP contribution in [0.5, 0.6) is 0 Å². The van der Waals surface area contributed by atoms with Crippen molar-refractivity contribution < 1.29 is 43.4 Å². The summed E-state index contributed by atoms with van der Waals surface area (Å²) in [5, 5.41) is 3.74. The molecule has 0 fully saturated rings. The molecular formula is C6H5CuF6N2. The van der Waals surface area contributed by atoms with Gasteiger partial charge in [0.25, 0.3) is 0 Å². The zero-order valence-corrected chi connectivity index (χ0v) is 8.04. The number of alkyl halides is 6. The quantitative estimate of drug-likeness (QED) is 0.442. The third-order valence-electron chi connectivity index (χ3n) is 1.17. The van der Waals surface area contributed by atoms with Gasteiger partial charge in [-0.25, -0.2) is 0 Å². The number of halogens is 6. The van der Waals surface area contributed by atoms with Crippen LogP contribution in [0, 0.1) is 7.43 Å². The third kappa shape index (κ3) is 4.13. The molecule has 0 radical (unpaired) electrons. The molecule has 0 saturated carbocycles. The van der Waals surface area contributed by atoms with Gasteiger partial charge in [0.2, 0.25) is 0 Å². The van der Waals surface area contributed by atoms with Gasteiger partial charge in [-0.05, 0) is 0 Å². The first kappa shape index (κ1) is 16.7. The Morgan fingerprint density at radius 2 is 1.47 bits per heavy atom. The number of rotatable bonds is 0. The Bertz CT molecular complexity index is 273. The van der Waals surface area contributed by atoms with Crippen molar-refractivity contribution >= 4 is 0 Å². The minimum Gasteiger partial charge on any atom is -0.358 e. The Hall–Kier alpha value is -0.691. The largest absolute Gasteiger partial charge is 1.00 e. The number of aromatic nitrogens is 2. The molecule has 92 valence electrons. The summed E-state index contributed by atoms with van der Waals surface area (Å²) >= 11 is 0. The summed E-state index contributed by atoms with van der Waals surface area (Å²) in [6.45, 7) is 0. The standard InChI is InChI=1S/C5H2F6N2.CH3.Cu/c6-4(7,8)2-1-3(13-12-2)5(9,10)11;;/h1H,(H,12,13);1H3;/q;-1;+1. The van der Waals surface area contributed by atoms with Crippen LogP contribution in [0.2, 0.25) is 0 Å². The molecular weight excluding hydrogens is 278 g/mol. The van der Waals surface area contributed by atoms with Gasteiger partial charge in [0, 0.05) is 6.07 Å². The van der Waals surface area contributed by atoms with Crippen molar-refractivity contribution in [1.29, 1.82) is 0 Å². The van der Waals surface area contributed by atoms with E-state index in [0.29, 0.717) is 0 Å². The molecule has 1 N–H and O–H groups in total. The van der Waals surface area contributed by atoms with Crippen LogP contribution in [0.3, 0.4) is 0 Å². The van der Waals surface area contributed by atoms with Crippen molar-refractivity contribution in [3.63, 3.8) is 0 Å². The molecule has 0 amide bonds. The van der Waals surface area contributed by atoms with Crippen LogP contribution in [0.4, 0.5) is 26.3 Å². The summed E-state index contributed by atoms with van der Waals surface area (Å²) in [5.41, 5.74) is -3.10. The molecule has 1 heterocycles. The van der Waals surface area contributed by atoms with Crippen LogP contribution in [0.25, 0.3) is 0 Å². The van der Waals surface area contributed by atoms with Gasteiger partial charge in [-0.15, -0.1) is 0 Å². The summed E-state index contributed by atoms with van der Waals surface area (Å²) in [5.74, 6) is 0. The van der Waals surface area contributed by atoms with Crippen LogP contribution >= 0.6 is 0 Å². The summed E-state index contributed by atoms with van der Waals surface area (Å²) < 4.78 is 70.5. The zero-order chi connectivity index (χ0) is 10.3. The van der Waals surface area contributed by atoms with Crippen molar-refractivity contribution in [1.82, 2.24) is 10.2 Å². The maximum atomic E-state index is 11.8. The van der Waals surface area contributed by atoms with E-state index in [1.54, 1.807) is 0 Å². The predicted molar refractivity (Wildman–Crippen MR) is 35.0 cm³/mol. The van der Waals surface area contributed by atoms with Crippen LogP contribution in [0.1, 0.15) is 11.4 Å². The fourth-order valence-electron chi connectivity index (χ4n) is 0.612. The number of hydrogen-bond acceptors (Lipinski definition) is 1. The third-order valence-corrected chi connectivity index (χ3v) is 1.17. The molecule has 0 aliphatic heterocycles. The van der Waals surface area contributed by atoms with Gasteiger partial charge in [-0.2, -0.15) is 31.4 Å². The normalized spacial score (nSPS) is 11.6.